The number of methoxy groups -OCH3 is 1. The van der Waals surface area contributed by atoms with E-state index in [1.165, 1.54) is 7.11 Å². The van der Waals surface area contributed by atoms with Crippen molar-refractivity contribution in [2.75, 3.05) is 30.4 Å². The van der Waals surface area contributed by atoms with Gasteiger partial charge in [0.2, 0.25) is 11.9 Å². The number of rotatable bonds is 4. The zero-order valence-corrected chi connectivity index (χ0v) is 14.9. The molecule has 1 atom stereocenters. The minimum atomic E-state index is -0.413. The topological polar surface area (TPSA) is 84.4 Å². The van der Waals surface area contributed by atoms with Gasteiger partial charge >= 0.3 is 5.97 Å². The minimum absolute atomic E-state index is 0.0595. The number of nitrogens with zero attached hydrogens (tertiary/aromatic N) is 3. The van der Waals surface area contributed by atoms with Gasteiger partial charge in [-0.2, -0.15) is 0 Å². The average molecular weight is 354 g/mol. The SMILES string of the molecule is COC(=O)c1cccc(NC(=O)C2CCCN(c3ncccn3)C2)c1C. The molecule has 1 saturated heterocycles. The summed E-state index contributed by atoms with van der Waals surface area (Å²) in [5, 5.41) is 2.96. The van der Waals surface area contributed by atoms with Crippen molar-refractivity contribution in [2.45, 2.75) is 19.8 Å². The Morgan fingerprint density at radius 1 is 1.23 bits per heavy atom. The van der Waals surface area contributed by atoms with Gasteiger partial charge in [0, 0.05) is 31.2 Å². The maximum absolute atomic E-state index is 12.8. The Kier molecular flexibility index (Phi) is 5.46. The van der Waals surface area contributed by atoms with Crippen LogP contribution in [-0.4, -0.2) is 42.0 Å². The molecule has 1 aliphatic heterocycles. The lowest BCUT2D eigenvalue weighted by atomic mass is 9.97. The van der Waals surface area contributed by atoms with Gasteiger partial charge in [0.25, 0.3) is 0 Å². The molecule has 0 aliphatic carbocycles. The summed E-state index contributed by atoms with van der Waals surface area (Å²) >= 11 is 0. The van der Waals surface area contributed by atoms with Crippen molar-refractivity contribution in [1.82, 2.24) is 9.97 Å². The Bertz CT molecular complexity index is 795. The molecule has 136 valence electrons. The van der Waals surface area contributed by atoms with Gasteiger partial charge in [-0.3, -0.25) is 4.79 Å². The van der Waals surface area contributed by atoms with Crippen LogP contribution in [0.15, 0.2) is 36.7 Å². The van der Waals surface area contributed by atoms with Crippen molar-refractivity contribution >= 4 is 23.5 Å². The summed E-state index contributed by atoms with van der Waals surface area (Å²) in [7, 11) is 1.34. The molecule has 1 aromatic carbocycles. The summed E-state index contributed by atoms with van der Waals surface area (Å²) in [5.41, 5.74) is 1.78. The van der Waals surface area contributed by atoms with Gasteiger partial charge in [0.1, 0.15) is 0 Å². The number of nitrogens with one attached hydrogen (secondary N) is 1. The summed E-state index contributed by atoms with van der Waals surface area (Å²) in [6.07, 6.45) is 5.11. The number of ether oxygens (including phenoxy) is 1. The average Bonchev–Trinajstić information content (AvgIpc) is 2.69. The van der Waals surface area contributed by atoms with E-state index in [0.29, 0.717) is 29.3 Å². The lowest BCUT2D eigenvalue weighted by molar-refractivity contribution is -0.120. The number of amides is 1. The Balaban J connectivity index is 1.71. The van der Waals surface area contributed by atoms with Crippen LogP contribution in [0.3, 0.4) is 0 Å². The van der Waals surface area contributed by atoms with E-state index in [1.54, 1.807) is 43.6 Å². The second kappa shape index (κ2) is 7.95. The van der Waals surface area contributed by atoms with Crippen molar-refractivity contribution in [3.05, 3.63) is 47.8 Å². The number of hydrogen-bond acceptors (Lipinski definition) is 6. The van der Waals surface area contributed by atoms with Crippen LogP contribution in [0.5, 0.6) is 0 Å². The van der Waals surface area contributed by atoms with Crippen LogP contribution in [0.25, 0.3) is 0 Å². The van der Waals surface area contributed by atoms with E-state index in [-0.39, 0.29) is 11.8 Å². The highest BCUT2D eigenvalue weighted by Gasteiger charge is 2.27. The third-order valence-electron chi connectivity index (χ3n) is 4.62. The lowest BCUT2D eigenvalue weighted by Gasteiger charge is -2.32. The highest BCUT2D eigenvalue weighted by Crippen LogP contribution is 2.24. The monoisotopic (exact) mass is 354 g/mol. The predicted molar refractivity (Wildman–Crippen MR) is 98.1 cm³/mol. The first-order valence-electron chi connectivity index (χ1n) is 8.61. The van der Waals surface area contributed by atoms with Gasteiger partial charge in [-0.15, -0.1) is 0 Å². The van der Waals surface area contributed by atoms with Crippen LogP contribution in [-0.2, 0) is 9.53 Å². The van der Waals surface area contributed by atoms with Crippen LogP contribution >= 0.6 is 0 Å². The first-order chi connectivity index (χ1) is 12.6. The number of piperidine rings is 1. The second-order valence-electron chi connectivity index (χ2n) is 6.29. The van der Waals surface area contributed by atoms with E-state index in [2.05, 4.69) is 15.3 Å². The molecule has 7 heteroatoms. The number of carbonyl (C=O) groups is 2. The fraction of sp³-hybridized carbons (Fsp3) is 0.368. The van der Waals surface area contributed by atoms with Gasteiger partial charge in [-0.05, 0) is 43.5 Å². The number of hydrogen-bond donors (Lipinski definition) is 1. The molecule has 3 rings (SSSR count). The van der Waals surface area contributed by atoms with E-state index >= 15 is 0 Å². The van der Waals surface area contributed by atoms with Gasteiger partial charge in [-0.25, -0.2) is 14.8 Å². The molecule has 1 N–H and O–H groups in total. The van der Waals surface area contributed by atoms with Crippen LogP contribution in [0.1, 0.15) is 28.8 Å². The van der Waals surface area contributed by atoms with Crippen LogP contribution in [0, 0.1) is 12.8 Å². The molecule has 0 saturated carbocycles. The second-order valence-corrected chi connectivity index (χ2v) is 6.29. The Labute approximate surface area is 152 Å². The standard InChI is InChI=1S/C19H22N4O3/c1-13-15(18(25)26-2)7-3-8-16(13)22-17(24)14-6-4-11-23(12-14)19-20-9-5-10-21-19/h3,5,7-10,14H,4,6,11-12H2,1-2H3,(H,22,24). The van der Waals surface area contributed by atoms with E-state index in [9.17, 15) is 9.59 Å². The summed E-state index contributed by atoms with van der Waals surface area (Å²) < 4.78 is 4.78. The van der Waals surface area contributed by atoms with Crippen LogP contribution < -0.4 is 10.2 Å². The predicted octanol–water partition coefficient (Wildman–Crippen LogP) is 2.43. The van der Waals surface area contributed by atoms with Crippen molar-refractivity contribution in [3.8, 4) is 0 Å². The van der Waals surface area contributed by atoms with E-state index in [1.807, 2.05) is 4.90 Å². The van der Waals surface area contributed by atoms with Crippen molar-refractivity contribution in [3.63, 3.8) is 0 Å². The van der Waals surface area contributed by atoms with Crippen LogP contribution in [0.4, 0.5) is 11.6 Å². The molecule has 2 heterocycles. The molecule has 1 aromatic heterocycles. The summed E-state index contributed by atoms with van der Waals surface area (Å²) in [4.78, 5) is 35.1. The van der Waals surface area contributed by atoms with Gasteiger partial charge in [0.05, 0.1) is 18.6 Å². The number of carbonyl (C=O) groups excluding carboxylic acids is 2. The molecule has 2 aromatic rings. The summed E-state index contributed by atoms with van der Waals surface area (Å²) in [6.45, 7) is 3.21. The molecular formula is C19H22N4O3. The minimum Gasteiger partial charge on any atom is -0.465 e. The summed E-state index contributed by atoms with van der Waals surface area (Å²) in [5.74, 6) is 0.0158. The third kappa shape index (κ3) is 3.82. The molecule has 1 aliphatic rings. The fourth-order valence-corrected chi connectivity index (χ4v) is 3.16. The number of benzene rings is 1. The zero-order valence-electron chi connectivity index (χ0n) is 14.9. The zero-order chi connectivity index (χ0) is 18.5. The molecule has 1 amide bonds. The van der Waals surface area contributed by atoms with Gasteiger partial charge in [0.15, 0.2) is 0 Å². The molecule has 0 spiro atoms. The molecular weight excluding hydrogens is 332 g/mol. The van der Waals surface area contributed by atoms with Gasteiger partial charge < -0.3 is 15.0 Å². The Morgan fingerprint density at radius 2 is 2.00 bits per heavy atom. The largest absolute Gasteiger partial charge is 0.465 e. The highest BCUT2D eigenvalue weighted by atomic mass is 16.5. The van der Waals surface area contributed by atoms with Gasteiger partial charge in [-0.1, -0.05) is 6.07 Å². The van der Waals surface area contributed by atoms with Crippen molar-refractivity contribution in [2.24, 2.45) is 5.92 Å². The fourth-order valence-electron chi connectivity index (χ4n) is 3.16. The Hall–Kier alpha value is -2.96. The lowest BCUT2D eigenvalue weighted by Crippen LogP contribution is -2.41. The molecule has 1 unspecified atom stereocenters. The number of anilines is 2. The smallest absolute Gasteiger partial charge is 0.338 e. The highest BCUT2D eigenvalue weighted by molar-refractivity contribution is 5.97. The quantitative estimate of drug-likeness (QED) is 0.849. The van der Waals surface area contributed by atoms with Crippen molar-refractivity contribution < 1.29 is 14.3 Å². The first kappa shape index (κ1) is 17.8. The molecule has 26 heavy (non-hydrogen) atoms. The normalized spacial score (nSPS) is 16.8. The first-order valence-corrected chi connectivity index (χ1v) is 8.61. The van der Waals surface area contributed by atoms with E-state index in [4.69, 9.17) is 4.74 Å². The van der Waals surface area contributed by atoms with E-state index in [0.717, 1.165) is 19.4 Å². The van der Waals surface area contributed by atoms with Crippen molar-refractivity contribution in [1.29, 1.82) is 0 Å². The molecule has 0 radical (unpaired) electrons. The third-order valence-corrected chi connectivity index (χ3v) is 4.62. The molecule has 0 bridgehead atoms. The van der Waals surface area contributed by atoms with E-state index < -0.39 is 5.97 Å². The maximum atomic E-state index is 12.8. The molecule has 1 fully saturated rings. The van der Waals surface area contributed by atoms with Crippen LogP contribution in [0.2, 0.25) is 0 Å². The molecule has 7 nitrogen and oxygen atoms in total. The maximum Gasteiger partial charge on any atom is 0.338 e. The summed E-state index contributed by atoms with van der Waals surface area (Å²) in [6, 6.07) is 6.99. The number of esters is 1. The number of aromatic nitrogens is 2. The Morgan fingerprint density at radius 3 is 2.73 bits per heavy atom.